The number of piperazine rings is 1. The first kappa shape index (κ1) is 18.2. The van der Waals surface area contributed by atoms with Gasteiger partial charge in [-0.15, -0.1) is 0 Å². The molecular weight excluding hydrogens is 326 g/mol. The second-order valence-corrected chi connectivity index (χ2v) is 7.10. The van der Waals surface area contributed by atoms with E-state index < -0.39 is 0 Å². The molecule has 6 heteroatoms. The second-order valence-electron chi connectivity index (χ2n) is 7.10. The minimum Gasteiger partial charge on any atom is -0.363 e. The van der Waals surface area contributed by atoms with Crippen molar-refractivity contribution >= 4 is 17.5 Å². The summed E-state index contributed by atoms with van der Waals surface area (Å²) in [5.74, 6) is 2.71. The molecule has 6 nitrogen and oxygen atoms in total. The number of carbonyl (C=O) groups is 1. The van der Waals surface area contributed by atoms with E-state index in [1.165, 1.54) is 5.56 Å². The summed E-state index contributed by atoms with van der Waals surface area (Å²) < 4.78 is 0. The van der Waals surface area contributed by atoms with Gasteiger partial charge in [0.15, 0.2) is 0 Å². The van der Waals surface area contributed by atoms with Crippen LogP contribution in [0.2, 0.25) is 0 Å². The van der Waals surface area contributed by atoms with Crippen molar-refractivity contribution in [2.75, 3.05) is 50.1 Å². The standard InChI is InChI=1S/C20H27N5O/c1-14-6-7-17(12-15(14)2)20(26)25-10-8-24(9-11-25)19-13-18(23(4)5)21-16(3)22-19/h6-7,12-13H,8-11H2,1-5H3. The number of benzene rings is 1. The van der Waals surface area contributed by atoms with Crippen LogP contribution in [0, 0.1) is 20.8 Å². The molecular formula is C20H27N5O. The zero-order valence-electron chi connectivity index (χ0n) is 16.3. The fourth-order valence-electron chi connectivity index (χ4n) is 3.12. The fourth-order valence-corrected chi connectivity index (χ4v) is 3.12. The number of nitrogens with zero attached hydrogens (tertiary/aromatic N) is 5. The van der Waals surface area contributed by atoms with Gasteiger partial charge in [-0.05, 0) is 44.0 Å². The maximum atomic E-state index is 12.8. The van der Waals surface area contributed by atoms with Crippen LogP contribution in [0.3, 0.4) is 0 Å². The molecule has 1 amide bonds. The van der Waals surface area contributed by atoms with Gasteiger partial charge in [-0.3, -0.25) is 4.79 Å². The normalized spacial score (nSPS) is 14.5. The van der Waals surface area contributed by atoms with Crippen molar-refractivity contribution in [3.63, 3.8) is 0 Å². The third kappa shape index (κ3) is 3.79. The highest BCUT2D eigenvalue weighted by atomic mass is 16.2. The molecule has 1 fully saturated rings. The molecule has 0 N–H and O–H groups in total. The van der Waals surface area contributed by atoms with Crippen LogP contribution in [-0.2, 0) is 0 Å². The Morgan fingerprint density at radius 3 is 2.27 bits per heavy atom. The highest BCUT2D eigenvalue weighted by Gasteiger charge is 2.23. The smallest absolute Gasteiger partial charge is 0.253 e. The summed E-state index contributed by atoms with van der Waals surface area (Å²) in [7, 11) is 3.96. The van der Waals surface area contributed by atoms with Crippen LogP contribution in [0.5, 0.6) is 0 Å². The van der Waals surface area contributed by atoms with Gasteiger partial charge in [0.05, 0.1) is 0 Å². The van der Waals surface area contributed by atoms with Crippen molar-refractivity contribution in [2.24, 2.45) is 0 Å². The molecule has 3 rings (SSSR count). The number of aryl methyl sites for hydroxylation is 3. The van der Waals surface area contributed by atoms with Crippen LogP contribution in [0.25, 0.3) is 0 Å². The van der Waals surface area contributed by atoms with Crippen LogP contribution < -0.4 is 9.80 Å². The van der Waals surface area contributed by atoms with E-state index in [1.54, 1.807) is 0 Å². The Balaban J connectivity index is 1.69. The van der Waals surface area contributed by atoms with Gasteiger partial charge in [-0.1, -0.05) is 6.07 Å². The first-order valence-corrected chi connectivity index (χ1v) is 8.99. The van der Waals surface area contributed by atoms with E-state index in [4.69, 9.17) is 0 Å². The summed E-state index contributed by atoms with van der Waals surface area (Å²) in [4.78, 5) is 27.9. The maximum Gasteiger partial charge on any atom is 0.253 e. The average Bonchev–Trinajstić information content (AvgIpc) is 2.63. The third-order valence-electron chi connectivity index (χ3n) is 4.91. The Morgan fingerprint density at radius 2 is 1.65 bits per heavy atom. The number of anilines is 2. The molecule has 1 aromatic carbocycles. The molecule has 1 aliphatic rings. The van der Waals surface area contributed by atoms with Gasteiger partial charge in [0, 0.05) is 51.9 Å². The van der Waals surface area contributed by atoms with Crippen LogP contribution in [0.1, 0.15) is 27.3 Å². The quantitative estimate of drug-likeness (QED) is 0.848. The van der Waals surface area contributed by atoms with Crippen LogP contribution in [0.15, 0.2) is 24.3 Å². The molecule has 0 atom stereocenters. The average molecular weight is 353 g/mol. The third-order valence-corrected chi connectivity index (χ3v) is 4.91. The first-order chi connectivity index (χ1) is 12.3. The van der Waals surface area contributed by atoms with Crippen molar-refractivity contribution in [2.45, 2.75) is 20.8 Å². The zero-order valence-corrected chi connectivity index (χ0v) is 16.3. The lowest BCUT2D eigenvalue weighted by atomic mass is 10.1. The van der Waals surface area contributed by atoms with Gasteiger partial charge in [0.2, 0.25) is 0 Å². The van der Waals surface area contributed by atoms with Gasteiger partial charge >= 0.3 is 0 Å². The Morgan fingerprint density at radius 1 is 0.962 bits per heavy atom. The van der Waals surface area contributed by atoms with Gasteiger partial charge in [-0.2, -0.15) is 0 Å². The molecule has 0 radical (unpaired) electrons. The molecule has 0 spiro atoms. The maximum absolute atomic E-state index is 12.8. The molecule has 0 saturated carbocycles. The lowest BCUT2D eigenvalue weighted by Gasteiger charge is -2.35. The van der Waals surface area contributed by atoms with E-state index in [2.05, 4.69) is 21.8 Å². The first-order valence-electron chi connectivity index (χ1n) is 8.99. The van der Waals surface area contributed by atoms with Crippen molar-refractivity contribution in [1.29, 1.82) is 0 Å². The number of amides is 1. The molecule has 0 unspecified atom stereocenters. The summed E-state index contributed by atoms with van der Waals surface area (Å²) in [5, 5.41) is 0. The van der Waals surface area contributed by atoms with Gasteiger partial charge in [-0.25, -0.2) is 9.97 Å². The van der Waals surface area contributed by atoms with Crippen LogP contribution in [0.4, 0.5) is 11.6 Å². The predicted molar refractivity (Wildman–Crippen MR) is 105 cm³/mol. The van der Waals surface area contributed by atoms with Gasteiger partial charge in [0.1, 0.15) is 17.5 Å². The molecule has 1 saturated heterocycles. The van der Waals surface area contributed by atoms with E-state index in [1.807, 2.05) is 62.0 Å². The van der Waals surface area contributed by atoms with E-state index in [0.717, 1.165) is 41.7 Å². The molecule has 0 aliphatic carbocycles. The molecule has 138 valence electrons. The number of rotatable bonds is 3. The summed E-state index contributed by atoms with van der Waals surface area (Å²) in [6.45, 7) is 8.98. The predicted octanol–water partition coefficient (Wildman–Crippen LogP) is 2.43. The lowest BCUT2D eigenvalue weighted by Crippen LogP contribution is -2.49. The Bertz CT molecular complexity index is 810. The van der Waals surface area contributed by atoms with Gasteiger partial charge < -0.3 is 14.7 Å². The summed E-state index contributed by atoms with van der Waals surface area (Å²) in [6, 6.07) is 7.94. The number of carbonyl (C=O) groups excluding carboxylic acids is 1. The Hall–Kier alpha value is -2.63. The van der Waals surface area contributed by atoms with Crippen LogP contribution >= 0.6 is 0 Å². The van der Waals surface area contributed by atoms with E-state index in [-0.39, 0.29) is 5.91 Å². The number of hydrogen-bond acceptors (Lipinski definition) is 5. The highest BCUT2D eigenvalue weighted by Crippen LogP contribution is 2.20. The molecule has 1 aliphatic heterocycles. The molecule has 2 heterocycles. The zero-order chi connectivity index (χ0) is 18.8. The summed E-state index contributed by atoms with van der Waals surface area (Å²) in [6.07, 6.45) is 0. The van der Waals surface area contributed by atoms with Crippen molar-refractivity contribution < 1.29 is 4.79 Å². The van der Waals surface area contributed by atoms with Crippen molar-refractivity contribution in [3.8, 4) is 0 Å². The monoisotopic (exact) mass is 353 g/mol. The number of aromatic nitrogens is 2. The second kappa shape index (κ2) is 7.32. The molecule has 2 aromatic rings. The minimum atomic E-state index is 0.112. The largest absolute Gasteiger partial charge is 0.363 e. The van der Waals surface area contributed by atoms with E-state index >= 15 is 0 Å². The SMILES string of the molecule is Cc1nc(N(C)C)cc(N2CCN(C(=O)c3ccc(C)c(C)c3)CC2)n1. The van der Waals surface area contributed by atoms with Crippen LogP contribution in [-0.4, -0.2) is 61.0 Å². The molecule has 0 bridgehead atoms. The summed E-state index contributed by atoms with van der Waals surface area (Å²) in [5.41, 5.74) is 3.14. The fraction of sp³-hybridized carbons (Fsp3) is 0.450. The summed E-state index contributed by atoms with van der Waals surface area (Å²) >= 11 is 0. The lowest BCUT2D eigenvalue weighted by molar-refractivity contribution is 0.0746. The number of hydrogen-bond donors (Lipinski definition) is 0. The van der Waals surface area contributed by atoms with Crippen molar-refractivity contribution in [1.82, 2.24) is 14.9 Å². The topological polar surface area (TPSA) is 52.6 Å². The Kier molecular flexibility index (Phi) is 5.11. The van der Waals surface area contributed by atoms with E-state index in [9.17, 15) is 4.79 Å². The Labute approximate surface area is 155 Å². The van der Waals surface area contributed by atoms with Crippen molar-refractivity contribution in [3.05, 3.63) is 46.8 Å². The molecule has 1 aromatic heterocycles. The highest BCUT2D eigenvalue weighted by molar-refractivity contribution is 5.94. The molecule has 26 heavy (non-hydrogen) atoms. The van der Waals surface area contributed by atoms with Gasteiger partial charge in [0.25, 0.3) is 5.91 Å². The van der Waals surface area contributed by atoms with E-state index in [0.29, 0.717) is 13.1 Å². The minimum absolute atomic E-state index is 0.112.